The highest BCUT2D eigenvalue weighted by Gasteiger charge is 2.23. The molecule has 2 N–H and O–H groups in total. The van der Waals surface area contributed by atoms with E-state index in [0.717, 1.165) is 63.2 Å². The molecule has 2 aliphatic rings. The highest BCUT2D eigenvalue weighted by atomic mass is 16.5. The molecule has 1 saturated heterocycles. The minimum absolute atomic E-state index is 0.187. The van der Waals surface area contributed by atoms with Crippen LogP contribution < -0.4 is 20.3 Å². The van der Waals surface area contributed by atoms with E-state index in [1.807, 2.05) is 24.3 Å². The lowest BCUT2D eigenvalue weighted by molar-refractivity contribution is -0.119. The molecule has 4 rings (SSSR count). The number of hydrogen-bond donors (Lipinski definition) is 2. The zero-order valence-electron chi connectivity index (χ0n) is 18.6. The molecule has 0 unspecified atom stereocenters. The Morgan fingerprint density at radius 1 is 0.968 bits per heavy atom. The predicted octanol–water partition coefficient (Wildman–Crippen LogP) is 4.63. The van der Waals surface area contributed by atoms with E-state index < -0.39 is 0 Å². The van der Waals surface area contributed by atoms with E-state index in [0.29, 0.717) is 6.04 Å². The number of nitrogens with one attached hydrogen (secondary N) is 2. The lowest BCUT2D eigenvalue weighted by Gasteiger charge is -2.34. The minimum atomic E-state index is 0.187. The third kappa shape index (κ3) is 6.01. The van der Waals surface area contributed by atoms with Crippen molar-refractivity contribution in [3.63, 3.8) is 0 Å². The maximum atomic E-state index is 12.3. The summed E-state index contributed by atoms with van der Waals surface area (Å²) in [6.07, 6.45) is 7.79. The first-order valence-electron chi connectivity index (χ1n) is 11.7. The number of amides is 1. The molecule has 1 aliphatic carbocycles. The summed E-state index contributed by atoms with van der Waals surface area (Å²) in [4.78, 5) is 14.8. The van der Waals surface area contributed by atoms with Gasteiger partial charge in [0.15, 0.2) is 0 Å². The van der Waals surface area contributed by atoms with Crippen molar-refractivity contribution in [2.24, 2.45) is 5.92 Å². The average molecular weight is 422 g/mol. The van der Waals surface area contributed by atoms with Gasteiger partial charge in [-0.25, -0.2) is 0 Å². The lowest BCUT2D eigenvalue weighted by Crippen LogP contribution is -2.43. The monoisotopic (exact) mass is 421 g/mol. The van der Waals surface area contributed by atoms with Crippen LogP contribution in [0.1, 0.15) is 44.1 Å². The van der Waals surface area contributed by atoms with Crippen LogP contribution in [0.25, 0.3) is 0 Å². The maximum Gasteiger partial charge on any atom is 0.227 e. The van der Waals surface area contributed by atoms with Crippen molar-refractivity contribution < 1.29 is 9.53 Å². The molecule has 1 heterocycles. The number of ether oxygens (including phenoxy) is 1. The van der Waals surface area contributed by atoms with Crippen LogP contribution in [0.2, 0.25) is 0 Å². The highest BCUT2D eigenvalue weighted by molar-refractivity contribution is 5.92. The Kier molecular flexibility index (Phi) is 7.47. The van der Waals surface area contributed by atoms with Gasteiger partial charge in [-0.1, -0.05) is 25.0 Å². The highest BCUT2D eigenvalue weighted by Crippen LogP contribution is 2.27. The molecule has 0 atom stereocenters. The van der Waals surface area contributed by atoms with Gasteiger partial charge >= 0.3 is 0 Å². The van der Waals surface area contributed by atoms with Gasteiger partial charge in [-0.2, -0.15) is 0 Å². The molecule has 31 heavy (non-hydrogen) atoms. The average Bonchev–Trinajstić information content (AvgIpc) is 3.36. The van der Waals surface area contributed by atoms with Crippen LogP contribution in [0.15, 0.2) is 48.5 Å². The fourth-order valence-electron chi connectivity index (χ4n) is 4.74. The standard InChI is InChI=1S/C26H35N3O2/c1-31-25-12-6-20(7-13-25)14-17-27-22-15-18-29(19-16-22)24-10-8-23(9-11-24)28-26(30)21-4-2-3-5-21/h6-13,21-22,27H,2-5,14-19H2,1H3,(H,28,30). The number of carbonyl (C=O) groups is 1. The molecule has 2 fully saturated rings. The van der Waals surface area contributed by atoms with Gasteiger partial charge in [0.25, 0.3) is 0 Å². The zero-order valence-corrected chi connectivity index (χ0v) is 18.6. The second-order valence-electron chi connectivity index (χ2n) is 8.83. The van der Waals surface area contributed by atoms with Gasteiger partial charge in [-0.15, -0.1) is 0 Å². The summed E-state index contributed by atoms with van der Waals surface area (Å²) in [7, 11) is 1.70. The first kappa shape index (κ1) is 21.7. The number of rotatable bonds is 8. The molecule has 0 aromatic heterocycles. The first-order chi connectivity index (χ1) is 15.2. The van der Waals surface area contributed by atoms with Gasteiger partial charge in [-0.3, -0.25) is 4.79 Å². The number of anilines is 2. The van der Waals surface area contributed by atoms with Crippen molar-refractivity contribution in [1.82, 2.24) is 5.32 Å². The van der Waals surface area contributed by atoms with Crippen LogP contribution in [0.3, 0.4) is 0 Å². The van der Waals surface area contributed by atoms with Gasteiger partial charge < -0.3 is 20.3 Å². The van der Waals surface area contributed by atoms with E-state index >= 15 is 0 Å². The van der Waals surface area contributed by atoms with Crippen molar-refractivity contribution in [3.05, 3.63) is 54.1 Å². The van der Waals surface area contributed by atoms with Crippen LogP contribution in [0.4, 0.5) is 11.4 Å². The summed E-state index contributed by atoms with van der Waals surface area (Å²) in [5.41, 5.74) is 3.50. The largest absolute Gasteiger partial charge is 0.497 e. The van der Waals surface area contributed by atoms with E-state index in [2.05, 4.69) is 39.8 Å². The van der Waals surface area contributed by atoms with Crippen molar-refractivity contribution >= 4 is 17.3 Å². The number of hydrogen-bond acceptors (Lipinski definition) is 4. The molecular formula is C26H35N3O2. The molecule has 0 spiro atoms. The van der Waals surface area contributed by atoms with E-state index in [1.54, 1.807) is 7.11 Å². The summed E-state index contributed by atoms with van der Waals surface area (Å²) >= 11 is 0. The molecule has 2 aromatic rings. The topological polar surface area (TPSA) is 53.6 Å². The van der Waals surface area contributed by atoms with Gasteiger partial charge in [-0.05, 0) is 80.6 Å². The van der Waals surface area contributed by atoms with Gasteiger partial charge in [0, 0.05) is 36.4 Å². The van der Waals surface area contributed by atoms with Gasteiger partial charge in [0.05, 0.1) is 7.11 Å². The van der Waals surface area contributed by atoms with Crippen molar-refractivity contribution in [1.29, 1.82) is 0 Å². The number of piperidine rings is 1. The second-order valence-corrected chi connectivity index (χ2v) is 8.83. The maximum absolute atomic E-state index is 12.3. The number of benzene rings is 2. The van der Waals surface area contributed by atoms with E-state index in [9.17, 15) is 4.79 Å². The molecular weight excluding hydrogens is 386 g/mol. The van der Waals surface area contributed by atoms with Crippen LogP contribution in [-0.2, 0) is 11.2 Å². The van der Waals surface area contributed by atoms with Crippen LogP contribution in [-0.4, -0.2) is 38.7 Å². The number of carbonyl (C=O) groups excluding carboxylic acids is 1. The van der Waals surface area contributed by atoms with Crippen LogP contribution in [0, 0.1) is 5.92 Å². The number of nitrogens with zero attached hydrogens (tertiary/aromatic N) is 1. The van der Waals surface area contributed by atoms with E-state index in [4.69, 9.17) is 4.74 Å². The first-order valence-corrected chi connectivity index (χ1v) is 11.7. The third-order valence-electron chi connectivity index (χ3n) is 6.73. The summed E-state index contributed by atoms with van der Waals surface area (Å²) in [5.74, 6) is 1.30. The molecule has 0 radical (unpaired) electrons. The molecule has 1 amide bonds. The summed E-state index contributed by atoms with van der Waals surface area (Å²) in [6.45, 7) is 3.13. The van der Waals surface area contributed by atoms with Crippen molar-refractivity contribution in [2.45, 2.75) is 51.0 Å². The molecule has 0 bridgehead atoms. The second kappa shape index (κ2) is 10.7. The SMILES string of the molecule is COc1ccc(CCNC2CCN(c3ccc(NC(=O)C4CCCC4)cc3)CC2)cc1. The molecule has 5 heteroatoms. The van der Waals surface area contributed by atoms with Gasteiger partial charge in [0.2, 0.25) is 5.91 Å². The molecule has 5 nitrogen and oxygen atoms in total. The van der Waals surface area contributed by atoms with Crippen LogP contribution >= 0.6 is 0 Å². The fraction of sp³-hybridized carbons (Fsp3) is 0.500. The predicted molar refractivity (Wildman–Crippen MR) is 127 cm³/mol. The summed E-state index contributed by atoms with van der Waals surface area (Å²) in [5, 5.41) is 6.81. The molecule has 166 valence electrons. The fourth-order valence-corrected chi connectivity index (χ4v) is 4.74. The smallest absolute Gasteiger partial charge is 0.227 e. The Morgan fingerprint density at radius 2 is 1.65 bits per heavy atom. The number of methoxy groups -OCH3 is 1. The summed E-state index contributed by atoms with van der Waals surface area (Å²) < 4.78 is 5.22. The molecule has 1 saturated carbocycles. The normalized spacial score (nSPS) is 17.6. The van der Waals surface area contributed by atoms with E-state index in [-0.39, 0.29) is 11.8 Å². The van der Waals surface area contributed by atoms with Crippen LogP contribution in [0.5, 0.6) is 5.75 Å². The molecule has 1 aliphatic heterocycles. The van der Waals surface area contributed by atoms with Crippen molar-refractivity contribution in [2.75, 3.05) is 37.0 Å². The minimum Gasteiger partial charge on any atom is -0.497 e. The van der Waals surface area contributed by atoms with Gasteiger partial charge in [0.1, 0.15) is 5.75 Å². The van der Waals surface area contributed by atoms with Crippen molar-refractivity contribution in [3.8, 4) is 5.75 Å². The quantitative estimate of drug-likeness (QED) is 0.653. The zero-order chi connectivity index (χ0) is 21.5. The Morgan fingerprint density at radius 3 is 2.29 bits per heavy atom. The van der Waals surface area contributed by atoms with E-state index in [1.165, 1.54) is 24.1 Å². The Labute approximate surface area is 186 Å². The Bertz CT molecular complexity index is 821. The lowest BCUT2D eigenvalue weighted by atomic mass is 10.0. The molecule has 2 aromatic carbocycles. The summed E-state index contributed by atoms with van der Waals surface area (Å²) in [6, 6.07) is 17.3. The Balaban J connectivity index is 1.18. The third-order valence-corrected chi connectivity index (χ3v) is 6.73. The Hall–Kier alpha value is -2.53.